The predicted octanol–water partition coefficient (Wildman–Crippen LogP) is -2.92. The maximum absolute atomic E-state index is 10.9. The summed E-state index contributed by atoms with van der Waals surface area (Å²) >= 11 is 0. The number of aliphatic hydroxyl groups is 2. The molecule has 138 valence electrons. The van der Waals surface area contributed by atoms with E-state index >= 15 is 0 Å². The molecule has 0 spiro atoms. The summed E-state index contributed by atoms with van der Waals surface area (Å²) in [4.78, 5) is 0. The largest absolute Gasteiger partial charge is 0.397 e. The van der Waals surface area contributed by atoms with E-state index in [0.29, 0.717) is 0 Å². The molecule has 1 saturated heterocycles. The third-order valence-electron chi connectivity index (χ3n) is 3.24. The fraction of sp³-hybridized carbons (Fsp3) is 1.00. The first-order valence-electron chi connectivity index (χ1n) is 6.32. The van der Waals surface area contributed by atoms with Crippen LogP contribution in [0.2, 0.25) is 0 Å². The number of rotatable bonds is 7. The van der Waals surface area contributed by atoms with Crippen LogP contribution in [0, 0.1) is 5.92 Å². The number of hydrogen-bond donors (Lipinski definition) is 5. The molecule has 0 aromatic carbocycles. The molecule has 1 aliphatic rings. The molecule has 1 fully saturated rings. The highest BCUT2D eigenvalue weighted by Gasteiger charge is 2.47. The minimum Gasteiger partial charge on any atom is -0.391 e. The van der Waals surface area contributed by atoms with E-state index in [2.05, 4.69) is 8.37 Å². The van der Waals surface area contributed by atoms with Gasteiger partial charge < -0.3 is 20.7 Å². The molecule has 0 bridgehead atoms. The predicted molar refractivity (Wildman–Crippen MR) is 72.8 cm³/mol. The summed E-state index contributed by atoms with van der Waals surface area (Å²) in [6.45, 7) is 0.0596. The molecule has 14 heteroatoms. The first kappa shape index (κ1) is 20.6. The average molecular weight is 381 g/mol. The number of aliphatic hydroxyl groups excluding tert-OH is 2. The van der Waals surface area contributed by atoms with Crippen molar-refractivity contribution < 1.29 is 49.3 Å². The average Bonchev–Trinajstić information content (AvgIpc) is 2.36. The lowest BCUT2D eigenvalue weighted by molar-refractivity contribution is -0.160. The van der Waals surface area contributed by atoms with Crippen molar-refractivity contribution in [2.45, 2.75) is 37.4 Å². The van der Waals surface area contributed by atoms with E-state index in [1.807, 2.05) is 0 Å². The lowest BCUT2D eigenvalue weighted by atomic mass is 9.83. The second kappa shape index (κ2) is 7.64. The molecule has 0 aliphatic carbocycles. The van der Waals surface area contributed by atoms with Crippen LogP contribution in [0.3, 0.4) is 0 Å². The Morgan fingerprint density at radius 2 is 1.78 bits per heavy atom. The highest BCUT2D eigenvalue weighted by atomic mass is 32.3. The van der Waals surface area contributed by atoms with Crippen molar-refractivity contribution >= 4 is 20.8 Å². The zero-order chi connectivity index (χ0) is 18.0. The minimum atomic E-state index is -4.95. The summed E-state index contributed by atoms with van der Waals surface area (Å²) in [7, 11) is -9.78. The first-order valence-corrected chi connectivity index (χ1v) is 9.05. The van der Waals surface area contributed by atoms with Crippen LogP contribution in [0.4, 0.5) is 0 Å². The Labute approximate surface area is 133 Å². The molecule has 0 aromatic rings. The molecule has 1 rings (SSSR count). The van der Waals surface area contributed by atoms with E-state index in [0.717, 1.165) is 0 Å². The topological polar surface area (TPSA) is 203 Å². The first-order chi connectivity index (χ1) is 10.3. The van der Waals surface area contributed by atoms with E-state index in [9.17, 15) is 27.0 Å². The molecule has 1 aliphatic heterocycles. The molecular formula is C9H19NO11S2. The van der Waals surface area contributed by atoms with Crippen molar-refractivity contribution in [2.75, 3.05) is 13.2 Å². The van der Waals surface area contributed by atoms with Crippen LogP contribution >= 0.6 is 0 Å². The van der Waals surface area contributed by atoms with E-state index in [4.69, 9.17) is 19.6 Å². The molecule has 1 heterocycles. The SMILES string of the molecule is CC(O)C(O)[C@H]1C(COS(=O)(=O)O)OCC(N)[C@H]1OS(=O)(=O)O. The highest BCUT2D eigenvalue weighted by Crippen LogP contribution is 2.29. The van der Waals surface area contributed by atoms with Crippen molar-refractivity contribution in [3.63, 3.8) is 0 Å². The molecule has 6 atom stereocenters. The normalized spacial score (nSPS) is 32.4. The monoisotopic (exact) mass is 381 g/mol. The number of hydrogen-bond acceptors (Lipinski definition) is 10. The lowest BCUT2D eigenvalue weighted by Crippen LogP contribution is -2.61. The third kappa shape index (κ3) is 6.54. The van der Waals surface area contributed by atoms with Crippen LogP contribution in [0.5, 0.6) is 0 Å². The van der Waals surface area contributed by atoms with Gasteiger partial charge in [0, 0.05) is 5.92 Å². The molecule has 0 aromatic heterocycles. The van der Waals surface area contributed by atoms with Gasteiger partial charge in [-0.3, -0.25) is 9.11 Å². The van der Waals surface area contributed by atoms with Gasteiger partial charge in [-0.1, -0.05) is 0 Å². The van der Waals surface area contributed by atoms with Crippen LogP contribution in [-0.4, -0.2) is 79.8 Å². The van der Waals surface area contributed by atoms with Crippen LogP contribution in [0.15, 0.2) is 0 Å². The Morgan fingerprint density at radius 3 is 2.22 bits per heavy atom. The van der Waals surface area contributed by atoms with Crippen molar-refractivity contribution in [3.8, 4) is 0 Å². The summed E-state index contributed by atoms with van der Waals surface area (Å²) < 4.78 is 74.2. The van der Waals surface area contributed by atoms with Crippen LogP contribution < -0.4 is 5.73 Å². The zero-order valence-electron chi connectivity index (χ0n) is 11.9. The van der Waals surface area contributed by atoms with Crippen LogP contribution in [0.1, 0.15) is 6.92 Å². The standard InChI is InChI=1S/C9H19NO11S2/c1-4(11)8(12)7-6(3-20-22(13,14)15)19-2-5(10)9(7)21-23(16,17)18/h4-9,11-12H,2-3,10H2,1H3,(H,13,14,15)(H,16,17,18)/t4?,5?,6?,7-,8?,9-/m1/s1. The summed E-state index contributed by atoms with van der Waals surface area (Å²) in [6, 6.07) is -1.11. The maximum atomic E-state index is 10.9. The molecule has 6 N–H and O–H groups in total. The van der Waals surface area contributed by atoms with E-state index in [-0.39, 0.29) is 6.61 Å². The summed E-state index contributed by atoms with van der Waals surface area (Å²) in [6.07, 6.45) is -5.87. The Balaban J connectivity index is 3.08. The van der Waals surface area contributed by atoms with Gasteiger partial charge >= 0.3 is 20.8 Å². The van der Waals surface area contributed by atoms with Gasteiger partial charge in [0.1, 0.15) is 6.10 Å². The molecule has 12 nitrogen and oxygen atoms in total. The van der Waals surface area contributed by atoms with Gasteiger partial charge in [0.15, 0.2) is 0 Å². The van der Waals surface area contributed by atoms with Gasteiger partial charge in [-0.25, -0.2) is 8.37 Å². The second-order valence-corrected chi connectivity index (χ2v) is 7.18. The molecule has 23 heavy (non-hydrogen) atoms. The molecule has 4 unspecified atom stereocenters. The zero-order valence-corrected chi connectivity index (χ0v) is 13.6. The van der Waals surface area contributed by atoms with E-state index in [1.54, 1.807) is 0 Å². The van der Waals surface area contributed by atoms with Crippen LogP contribution in [0.25, 0.3) is 0 Å². The van der Waals surface area contributed by atoms with Gasteiger partial charge in [0.2, 0.25) is 0 Å². The maximum Gasteiger partial charge on any atom is 0.397 e. The minimum absolute atomic E-state index is 0.317. The molecule has 0 radical (unpaired) electrons. The van der Waals surface area contributed by atoms with Gasteiger partial charge in [-0.15, -0.1) is 0 Å². The van der Waals surface area contributed by atoms with Crippen molar-refractivity contribution in [2.24, 2.45) is 11.7 Å². The number of nitrogens with two attached hydrogens (primary N) is 1. The lowest BCUT2D eigenvalue weighted by Gasteiger charge is -2.42. The van der Waals surface area contributed by atoms with E-state index in [1.165, 1.54) is 6.92 Å². The summed E-state index contributed by atoms with van der Waals surface area (Å²) in [5.41, 5.74) is 5.63. The number of ether oxygens (including phenoxy) is 1. The quantitative estimate of drug-likeness (QED) is 0.281. The third-order valence-corrected chi connectivity index (χ3v) is 4.14. The fourth-order valence-corrected chi connectivity index (χ4v) is 3.12. The Bertz CT molecular complexity index is 589. The highest BCUT2D eigenvalue weighted by molar-refractivity contribution is 7.81. The molecule has 0 amide bonds. The van der Waals surface area contributed by atoms with E-state index < -0.39 is 63.8 Å². The molecule has 0 saturated carbocycles. The Morgan fingerprint density at radius 1 is 1.22 bits per heavy atom. The summed E-state index contributed by atoms with van der Waals surface area (Å²) in [5, 5.41) is 19.5. The van der Waals surface area contributed by atoms with Crippen molar-refractivity contribution in [1.82, 2.24) is 0 Å². The fourth-order valence-electron chi connectivity index (χ4n) is 2.26. The van der Waals surface area contributed by atoms with Gasteiger partial charge in [0.05, 0.1) is 37.6 Å². The molecular weight excluding hydrogens is 362 g/mol. The van der Waals surface area contributed by atoms with Crippen molar-refractivity contribution in [3.05, 3.63) is 0 Å². The van der Waals surface area contributed by atoms with Gasteiger partial charge in [-0.2, -0.15) is 16.8 Å². The Hall–Kier alpha value is -0.420. The van der Waals surface area contributed by atoms with Crippen molar-refractivity contribution in [1.29, 1.82) is 0 Å². The smallest absolute Gasteiger partial charge is 0.391 e. The summed E-state index contributed by atoms with van der Waals surface area (Å²) in [5.74, 6) is -1.37. The Kier molecular flexibility index (Phi) is 6.85. The van der Waals surface area contributed by atoms with Crippen LogP contribution in [-0.2, 0) is 33.9 Å². The van der Waals surface area contributed by atoms with Gasteiger partial charge in [0.25, 0.3) is 0 Å². The van der Waals surface area contributed by atoms with Gasteiger partial charge in [-0.05, 0) is 6.92 Å². The second-order valence-electron chi connectivity index (χ2n) is 5.05.